The molecule has 1 atom stereocenters. The molecule has 2 nitrogen and oxygen atoms in total. The standard InChI is InChI=1S/C22H25NO/c24-22(12-15-23-13-4-1-5-14-23)19-11-10-18-9-8-17-6-2-3-7-20(17)21(18)16-19/h2-3,6-11,16,22,24H,1,4-5,12-15H2. The summed E-state index contributed by atoms with van der Waals surface area (Å²) in [4.78, 5) is 2.49. The third kappa shape index (κ3) is 3.17. The summed E-state index contributed by atoms with van der Waals surface area (Å²) in [5.41, 5.74) is 1.04. The summed E-state index contributed by atoms with van der Waals surface area (Å²) in [5, 5.41) is 15.6. The number of hydrogen-bond acceptors (Lipinski definition) is 2. The smallest absolute Gasteiger partial charge is 0.0802 e. The van der Waals surface area contributed by atoms with Crippen molar-refractivity contribution < 1.29 is 5.11 Å². The van der Waals surface area contributed by atoms with Crippen molar-refractivity contribution in [1.29, 1.82) is 0 Å². The van der Waals surface area contributed by atoms with Gasteiger partial charge in [-0.3, -0.25) is 0 Å². The third-order valence-electron chi connectivity index (χ3n) is 5.32. The average molecular weight is 319 g/mol. The van der Waals surface area contributed by atoms with Gasteiger partial charge in [-0.25, -0.2) is 0 Å². The number of hydrogen-bond donors (Lipinski definition) is 1. The van der Waals surface area contributed by atoms with E-state index in [0.29, 0.717) is 0 Å². The summed E-state index contributed by atoms with van der Waals surface area (Å²) in [6.07, 6.45) is 4.40. The SMILES string of the molecule is OC(CCN1CCCCC1)c1ccc2ccc3ccccc3c2c1. The van der Waals surface area contributed by atoms with Gasteiger partial charge >= 0.3 is 0 Å². The Morgan fingerprint density at radius 2 is 1.54 bits per heavy atom. The molecule has 0 saturated carbocycles. The van der Waals surface area contributed by atoms with E-state index in [1.807, 2.05) is 0 Å². The fourth-order valence-electron chi connectivity index (χ4n) is 3.88. The summed E-state index contributed by atoms with van der Waals surface area (Å²) in [7, 11) is 0. The zero-order valence-electron chi connectivity index (χ0n) is 14.1. The van der Waals surface area contributed by atoms with Gasteiger partial charge in [0, 0.05) is 6.54 Å². The molecule has 1 unspecified atom stereocenters. The average Bonchev–Trinajstić information content (AvgIpc) is 2.66. The number of piperidine rings is 1. The summed E-state index contributed by atoms with van der Waals surface area (Å²) >= 11 is 0. The van der Waals surface area contributed by atoms with Crippen molar-refractivity contribution in [2.24, 2.45) is 0 Å². The van der Waals surface area contributed by atoms with Crippen LogP contribution in [-0.2, 0) is 0 Å². The van der Waals surface area contributed by atoms with Crippen LogP contribution in [-0.4, -0.2) is 29.6 Å². The summed E-state index contributed by atoms with van der Waals surface area (Å²) in [5.74, 6) is 0. The maximum atomic E-state index is 10.7. The van der Waals surface area contributed by atoms with Crippen LogP contribution in [0.4, 0.5) is 0 Å². The molecule has 3 aromatic carbocycles. The van der Waals surface area contributed by atoms with Crippen LogP contribution < -0.4 is 0 Å². The predicted molar refractivity (Wildman–Crippen MR) is 101 cm³/mol. The largest absolute Gasteiger partial charge is 0.388 e. The van der Waals surface area contributed by atoms with Crippen molar-refractivity contribution in [2.75, 3.05) is 19.6 Å². The summed E-state index contributed by atoms with van der Waals surface area (Å²) < 4.78 is 0. The van der Waals surface area contributed by atoms with Crippen molar-refractivity contribution in [3.8, 4) is 0 Å². The second kappa shape index (κ2) is 6.92. The fraction of sp³-hybridized carbons (Fsp3) is 0.364. The highest BCUT2D eigenvalue weighted by Crippen LogP contribution is 2.29. The van der Waals surface area contributed by atoms with Gasteiger partial charge < -0.3 is 10.0 Å². The first-order valence-electron chi connectivity index (χ1n) is 9.13. The lowest BCUT2D eigenvalue weighted by molar-refractivity contribution is 0.134. The lowest BCUT2D eigenvalue weighted by Gasteiger charge is -2.27. The van der Waals surface area contributed by atoms with E-state index in [1.165, 1.54) is 53.9 Å². The van der Waals surface area contributed by atoms with Crippen molar-refractivity contribution in [1.82, 2.24) is 4.90 Å². The molecule has 1 N–H and O–H groups in total. The molecule has 1 aliphatic heterocycles. The van der Waals surface area contributed by atoms with E-state index in [1.54, 1.807) is 0 Å². The van der Waals surface area contributed by atoms with Gasteiger partial charge in [0.15, 0.2) is 0 Å². The Morgan fingerprint density at radius 1 is 0.833 bits per heavy atom. The summed E-state index contributed by atoms with van der Waals surface area (Å²) in [6.45, 7) is 3.37. The lowest BCUT2D eigenvalue weighted by atomic mass is 9.97. The van der Waals surface area contributed by atoms with Crippen molar-refractivity contribution >= 4 is 21.5 Å². The molecular formula is C22H25NO. The first-order valence-corrected chi connectivity index (χ1v) is 9.13. The Kier molecular flexibility index (Phi) is 4.50. The highest BCUT2D eigenvalue weighted by atomic mass is 16.3. The number of aliphatic hydroxyl groups excluding tert-OH is 1. The van der Waals surface area contributed by atoms with Crippen LogP contribution >= 0.6 is 0 Å². The number of rotatable bonds is 4. The van der Waals surface area contributed by atoms with Crippen molar-refractivity contribution in [3.63, 3.8) is 0 Å². The molecule has 1 aliphatic rings. The molecule has 2 heteroatoms. The Morgan fingerprint density at radius 3 is 2.38 bits per heavy atom. The second-order valence-corrected chi connectivity index (χ2v) is 6.97. The quantitative estimate of drug-likeness (QED) is 0.691. The van der Waals surface area contributed by atoms with Crippen LogP contribution in [0.15, 0.2) is 54.6 Å². The van der Waals surface area contributed by atoms with Crippen LogP contribution in [0.3, 0.4) is 0 Å². The maximum Gasteiger partial charge on any atom is 0.0802 e. The van der Waals surface area contributed by atoms with Crippen LogP contribution in [0.1, 0.15) is 37.4 Å². The molecule has 0 aliphatic carbocycles. The van der Waals surface area contributed by atoms with Crippen LogP contribution in [0.2, 0.25) is 0 Å². The topological polar surface area (TPSA) is 23.5 Å². The van der Waals surface area contributed by atoms with E-state index in [-0.39, 0.29) is 6.10 Å². The Balaban J connectivity index is 1.58. The van der Waals surface area contributed by atoms with E-state index in [2.05, 4.69) is 59.5 Å². The van der Waals surface area contributed by atoms with Crippen LogP contribution in [0, 0.1) is 0 Å². The van der Waals surface area contributed by atoms with Crippen LogP contribution in [0.25, 0.3) is 21.5 Å². The predicted octanol–water partition coefficient (Wildman–Crippen LogP) is 4.90. The molecule has 0 spiro atoms. The van der Waals surface area contributed by atoms with Gasteiger partial charge in [-0.15, -0.1) is 0 Å². The van der Waals surface area contributed by atoms with Gasteiger partial charge in [-0.1, -0.05) is 55.0 Å². The third-order valence-corrected chi connectivity index (χ3v) is 5.32. The Bertz CT molecular complexity index is 836. The van der Waals surface area contributed by atoms with Crippen LogP contribution in [0.5, 0.6) is 0 Å². The van der Waals surface area contributed by atoms with E-state index in [9.17, 15) is 5.11 Å². The van der Waals surface area contributed by atoms with Gasteiger partial charge in [-0.05, 0) is 65.5 Å². The minimum atomic E-state index is -0.379. The fourth-order valence-corrected chi connectivity index (χ4v) is 3.88. The van der Waals surface area contributed by atoms with Gasteiger partial charge in [-0.2, -0.15) is 0 Å². The Labute approximate surface area is 143 Å². The highest BCUT2D eigenvalue weighted by molar-refractivity contribution is 6.07. The normalized spacial score (nSPS) is 17.4. The number of likely N-dealkylation sites (tertiary alicyclic amines) is 1. The summed E-state index contributed by atoms with van der Waals surface area (Å²) in [6, 6.07) is 19.2. The molecule has 1 heterocycles. The van der Waals surface area contributed by atoms with E-state index in [0.717, 1.165) is 18.5 Å². The molecule has 24 heavy (non-hydrogen) atoms. The number of fused-ring (bicyclic) bond motifs is 3. The molecule has 0 bridgehead atoms. The molecule has 1 saturated heterocycles. The molecule has 124 valence electrons. The minimum Gasteiger partial charge on any atom is -0.388 e. The minimum absolute atomic E-state index is 0.379. The molecule has 4 rings (SSSR count). The van der Waals surface area contributed by atoms with Crippen molar-refractivity contribution in [3.05, 3.63) is 60.2 Å². The molecule has 3 aromatic rings. The first-order chi connectivity index (χ1) is 11.8. The molecule has 0 amide bonds. The zero-order valence-corrected chi connectivity index (χ0v) is 14.1. The molecular weight excluding hydrogens is 294 g/mol. The number of nitrogens with zero attached hydrogens (tertiary/aromatic N) is 1. The highest BCUT2D eigenvalue weighted by Gasteiger charge is 2.14. The zero-order chi connectivity index (χ0) is 16.4. The van der Waals surface area contributed by atoms with Gasteiger partial charge in [0.05, 0.1) is 6.10 Å². The van der Waals surface area contributed by atoms with E-state index in [4.69, 9.17) is 0 Å². The monoisotopic (exact) mass is 319 g/mol. The molecule has 0 radical (unpaired) electrons. The molecule has 1 fully saturated rings. The van der Waals surface area contributed by atoms with Gasteiger partial charge in [0.2, 0.25) is 0 Å². The molecule has 0 aromatic heterocycles. The number of aliphatic hydroxyl groups is 1. The van der Waals surface area contributed by atoms with Gasteiger partial charge in [0.1, 0.15) is 0 Å². The second-order valence-electron chi connectivity index (χ2n) is 6.97. The van der Waals surface area contributed by atoms with Crippen molar-refractivity contribution in [2.45, 2.75) is 31.8 Å². The maximum absolute atomic E-state index is 10.7. The van der Waals surface area contributed by atoms with Gasteiger partial charge in [0.25, 0.3) is 0 Å². The number of benzene rings is 3. The van der Waals surface area contributed by atoms with E-state index < -0.39 is 0 Å². The Hall–Kier alpha value is -1.90. The first kappa shape index (κ1) is 15.6. The lowest BCUT2D eigenvalue weighted by Crippen LogP contribution is -2.31. The van der Waals surface area contributed by atoms with E-state index >= 15 is 0 Å².